The lowest BCUT2D eigenvalue weighted by Crippen LogP contribution is -2.57. The van der Waals surface area contributed by atoms with Crippen molar-refractivity contribution in [3.8, 4) is 0 Å². The molecule has 0 amide bonds. The molecule has 3 unspecified atom stereocenters. The van der Waals surface area contributed by atoms with Crippen LogP contribution >= 0.6 is 27.5 Å². The summed E-state index contributed by atoms with van der Waals surface area (Å²) in [6.07, 6.45) is 1.79. The standard InChI is InChI=1S/C15H18BrClN2O2/c1-21-14(20)15(5-7-19-6-4-10(15)9-19)18-11-2-3-13(17)12(16)8-11/h2-3,8,10,18H,4-7,9H2,1H3. The predicted octanol–water partition coefficient (Wildman–Crippen LogP) is 3.15. The molecule has 0 saturated carbocycles. The Labute approximate surface area is 137 Å². The molecule has 0 spiro atoms. The molecule has 3 atom stereocenters. The number of methoxy groups -OCH3 is 1. The van der Waals surface area contributed by atoms with Crippen LogP contribution in [0.5, 0.6) is 0 Å². The second kappa shape index (κ2) is 5.78. The van der Waals surface area contributed by atoms with E-state index in [2.05, 4.69) is 26.1 Å². The van der Waals surface area contributed by atoms with Crippen LogP contribution in [0.4, 0.5) is 5.69 Å². The first-order chi connectivity index (χ1) is 10.0. The average molecular weight is 374 g/mol. The van der Waals surface area contributed by atoms with Crippen molar-refractivity contribution in [2.24, 2.45) is 5.92 Å². The Hall–Kier alpha value is -0.780. The van der Waals surface area contributed by atoms with Gasteiger partial charge in [0, 0.05) is 29.2 Å². The highest BCUT2D eigenvalue weighted by Gasteiger charge is 2.52. The normalized spacial score (nSPS) is 31.0. The van der Waals surface area contributed by atoms with E-state index in [4.69, 9.17) is 16.3 Å². The Bertz CT molecular complexity index is 569. The second-order valence-electron chi connectivity index (χ2n) is 5.75. The third kappa shape index (κ3) is 2.67. The molecule has 0 aromatic heterocycles. The zero-order valence-corrected chi connectivity index (χ0v) is 14.2. The van der Waals surface area contributed by atoms with E-state index in [0.717, 1.165) is 42.6 Å². The number of nitrogens with one attached hydrogen (secondary N) is 1. The molecule has 21 heavy (non-hydrogen) atoms. The van der Waals surface area contributed by atoms with Crippen LogP contribution in [0.2, 0.25) is 5.02 Å². The third-order valence-electron chi connectivity index (χ3n) is 4.63. The van der Waals surface area contributed by atoms with Crippen molar-refractivity contribution in [2.75, 3.05) is 32.1 Å². The van der Waals surface area contributed by atoms with Crippen LogP contribution in [-0.2, 0) is 9.53 Å². The number of benzene rings is 1. The van der Waals surface area contributed by atoms with Crippen LogP contribution in [0, 0.1) is 5.92 Å². The van der Waals surface area contributed by atoms with Crippen molar-refractivity contribution in [1.29, 1.82) is 0 Å². The fourth-order valence-corrected chi connectivity index (χ4v) is 3.97. The monoisotopic (exact) mass is 372 g/mol. The molecule has 2 aliphatic heterocycles. The molecule has 2 heterocycles. The van der Waals surface area contributed by atoms with Gasteiger partial charge in [-0.3, -0.25) is 0 Å². The van der Waals surface area contributed by atoms with Gasteiger partial charge in [0.05, 0.1) is 12.1 Å². The molecule has 2 aliphatic rings. The van der Waals surface area contributed by atoms with Crippen molar-refractivity contribution in [3.63, 3.8) is 0 Å². The van der Waals surface area contributed by atoms with Gasteiger partial charge in [-0.05, 0) is 53.5 Å². The topological polar surface area (TPSA) is 41.6 Å². The number of anilines is 1. The summed E-state index contributed by atoms with van der Waals surface area (Å²) in [5.74, 6) is 0.119. The number of ether oxygens (including phenoxy) is 1. The summed E-state index contributed by atoms with van der Waals surface area (Å²) in [5.41, 5.74) is 0.256. The number of nitrogens with zero attached hydrogens (tertiary/aromatic N) is 1. The predicted molar refractivity (Wildman–Crippen MR) is 86.7 cm³/mol. The molecule has 1 aromatic carbocycles. The Morgan fingerprint density at radius 2 is 2.33 bits per heavy atom. The van der Waals surface area contributed by atoms with Gasteiger partial charge in [0.15, 0.2) is 0 Å². The minimum Gasteiger partial charge on any atom is -0.467 e. The zero-order valence-electron chi connectivity index (χ0n) is 11.9. The quantitative estimate of drug-likeness (QED) is 0.827. The lowest BCUT2D eigenvalue weighted by Gasteiger charge is -2.41. The minimum atomic E-state index is -0.630. The Balaban J connectivity index is 1.92. The van der Waals surface area contributed by atoms with Gasteiger partial charge in [-0.15, -0.1) is 0 Å². The Kier molecular flexibility index (Phi) is 4.17. The van der Waals surface area contributed by atoms with Crippen molar-refractivity contribution in [1.82, 2.24) is 4.90 Å². The maximum Gasteiger partial charge on any atom is 0.331 e. The average Bonchev–Trinajstić information content (AvgIpc) is 2.89. The van der Waals surface area contributed by atoms with E-state index < -0.39 is 5.54 Å². The number of carbonyl (C=O) groups is 1. The number of fused-ring (bicyclic) bond motifs is 2. The lowest BCUT2D eigenvalue weighted by atomic mass is 9.78. The number of hydrogen-bond acceptors (Lipinski definition) is 4. The van der Waals surface area contributed by atoms with Crippen LogP contribution in [0.1, 0.15) is 12.8 Å². The van der Waals surface area contributed by atoms with Gasteiger partial charge in [-0.1, -0.05) is 11.6 Å². The van der Waals surface area contributed by atoms with Crippen molar-refractivity contribution < 1.29 is 9.53 Å². The summed E-state index contributed by atoms with van der Waals surface area (Å²) in [4.78, 5) is 14.9. The van der Waals surface area contributed by atoms with Gasteiger partial charge < -0.3 is 15.0 Å². The van der Waals surface area contributed by atoms with Gasteiger partial charge in [-0.25, -0.2) is 4.79 Å². The van der Waals surface area contributed by atoms with E-state index in [1.165, 1.54) is 7.11 Å². The smallest absolute Gasteiger partial charge is 0.331 e. The van der Waals surface area contributed by atoms with Gasteiger partial charge in [0.1, 0.15) is 5.54 Å². The molecule has 2 saturated heterocycles. The maximum atomic E-state index is 12.5. The first kappa shape index (κ1) is 15.1. The van der Waals surface area contributed by atoms with Crippen molar-refractivity contribution in [3.05, 3.63) is 27.7 Å². The fourth-order valence-electron chi connectivity index (χ4n) is 3.47. The number of piperidine rings is 1. The molecular weight excluding hydrogens is 356 g/mol. The summed E-state index contributed by atoms with van der Waals surface area (Å²) in [5, 5.41) is 4.11. The SMILES string of the molecule is COC(=O)C1(Nc2ccc(Cl)c(Br)c2)CCN2CCC1C2. The highest BCUT2D eigenvalue weighted by molar-refractivity contribution is 9.10. The van der Waals surface area contributed by atoms with E-state index in [-0.39, 0.29) is 11.9 Å². The van der Waals surface area contributed by atoms with Crippen LogP contribution in [0.15, 0.2) is 22.7 Å². The number of rotatable bonds is 3. The van der Waals surface area contributed by atoms with Crippen LogP contribution < -0.4 is 5.32 Å². The van der Waals surface area contributed by atoms with Crippen molar-refractivity contribution >= 4 is 39.2 Å². The third-order valence-corrected chi connectivity index (χ3v) is 5.84. The van der Waals surface area contributed by atoms with E-state index in [1.807, 2.05) is 18.2 Å². The summed E-state index contributed by atoms with van der Waals surface area (Å²) >= 11 is 9.46. The van der Waals surface area contributed by atoms with Crippen LogP contribution in [-0.4, -0.2) is 43.2 Å². The lowest BCUT2D eigenvalue weighted by molar-refractivity contribution is -0.149. The maximum absolute atomic E-state index is 12.5. The first-order valence-electron chi connectivity index (χ1n) is 7.09. The van der Waals surface area contributed by atoms with E-state index in [0.29, 0.717) is 5.02 Å². The van der Waals surface area contributed by atoms with Gasteiger partial charge in [0.25, 0.3) is 0 Å². The van der Waals surface area contributed by atoms with Crippen LogP contribution in [0.25, 0.3) is 0 Å². The summed E-state index contributed by atoms with van der Waals surface area (Å²) in [6.45, 7) is 2.94. The minimum absolute atomic E-state index is 0.167. The fraction of sp³-hybridized carbons (Fsp3) is 0.533. The molecule has 0 radical (unpaired) electrons. The molecule has 114 valence electrons. The molecule has 4 nitrogen and oxygen atoms in total. The highest BCUT2D eigenvalue weighted by Crippen LogP contribution is 2.39. The van der Waals surface area contributed by atoms with Gasteiger partial charge >= 0.3 is 5.97 Å². The molecule has 2 bridgehead atoms. The van der Waals surface area contributed by atoms with E-state index in [9.17, 15) is 4.79 Å². The van der Waals surface area contributed by atoms with Crippen molar-refractivity contribution in [2.45, 2.75) is 18.4 Å². The Morgan fingerprint density at radius 1 is 1.52 bits per heavy atom. The Morgan fingerprint density at radius 3 is 3.05 bits per heavy atom. The summed E-state index contributed by atoms with van der Waals surface area (Å²) < 4.78 is 5.93. The number of carbonyl (C=O) groups excluding carboxylic acids is 1. The van der Waals surface area contributed by atoms with E-state index in [1.54, 1.807) is 0 Å². The molecule has 3 rings (SSSR count). The van der Waals surface area contributed by atoms with Crippen LogP contribution in [0.3, 0.4) is 0 Å². The molecule has 1 aromatic rings. The highest BCUT2D eigenvalue weighted by atomic mass is 79.9. The molecule has 6 heteroatoms. The molecular formula is C15H18BrClN2O2. The number of hydrogen-bond donors (Lipinski definition) is 1. The molecule has 0 aliphatic carbocycles. The van der Waals surface area contributed by atoms with Gasteiger partial charge in [-0.2, -0.15) is 0 Å². The molecule has 2 fully saturated rings. The number of halogens is 2. The largest absolute Gasteiger partial charge is 0.467 e. The summed E-state index contributed by atoms with van der Waals surface area (Å²) in [6, 6.07) is 5.64. The zero-order chi connectivity index (χ0) is 15.0. The number of esters is 1. The molecule has 1 N–H and O–H groups in total. The van der Waals surface area contributed by atoms with E-state index >= 15 is 0 Å². The second-order valence-corrected chi connectivity index (χ2v) is 7.01. The summed E-state index contributed by atoms with van der Waals surface area (Å²) in [7, 11) is 1.46. The van der Waals surface area contributed by atoms with Gasteiger partial charge in [0.2, 0.25) is 0 Å². The first-order valence-corrected chi connectivity index (χ1v) is 8.26.